The zero-order valence-electron chi connectivity index (χ0n) is 11.0. The van der Waals surface area contributed by atoms with E-state index in [9.17, 15) is 0 Å². The Morgan fingerprint density at radius 1 is 1.00 bits per heavy atom. The SMILES string of the molecule is CC(C)(C)c1nc(Cl)cc(Nc2ccc(Cl)cc2)n1. The highest BCUT2D eigenvalue weighted by Crippen LogP contribution is 2.24. The van der Waals surface area contributed by atoms with Gasteiger partial charge in [-0.05, 0) is 24.3 Å². The minimum atomic E-state index is -0.151. The molecule has 2 aromatic rings. The van der Waals surface area contributed by atoms with E-state index >= 15 is 0 Å². The summed E-state index contributed by atoms with van der Waals surface area (Å²) in [6.07, 6.45) is 0. The first-order valence-corrected chi connectivity index (χ1v) is 6.68. The number of hydrogen-bond donors (Lipinski definition) is 1. The molecule has 0 aliphatic carbocycles. The first kappa shape index (κ1) is 14.1. The summed E-state index contributed by atoms with van der Waals surface area (Å²) in [6, 6.07) is 9.10. The van der Waals surface area contributed by atoms with Crippen LogP contribution in [0.25, 0.3) is 0 Å². The topological polar surface area (TPSA) is 37.8 Å². The summed E-state index contributed by atoms with van der Waals surface area (Å²) < 4.78 is 0. The van der Waals surface area contributed by atoms with E-state index in [-0.39, 0.29) is 5.41 Å². The Hall–Kier alpha value is -1.32. The standard InChI is InChI=1S/C14H15Cl2N3/c1-14(2,3)13-18-11(16)8-12(19-13)17-10-6-4-9(15)5-7-10/h4-8H,1-3H3,(H,17,18,19). The highest BCUT2D eigenvalue weighted by molar-refractivity contribution is 6.30. The lowest BCUT2D eigenvalue weighted by atomic mass is 9.96. The summed E-state index contributed by atoms with van der Waals surface area (Å²) in [5.74, 6) is 1.38. The summed E-state index contributed by atoms with van der Waals surface area (Å²) in [5, 5.41) is 4.31. The van der Waals surface area contributed by atoms with Crippen LogP contribution in [0.3, 0.4) is 0 Å². The largest absolute Gasteiger partial charge is 0.340 e. The molecule has 19 heavy (non-hydrogen) atoms. The van der Waals surface area contributed by atoms with E-state index in [0.29, 0.717) is 21.8 Å². The highest BCUT2D eigenvalue weighted by atomic mass is 35.5. The second kappa shape index (κ2) is 5.35. The molecule has 0 saturated heterocycles. The van der Waals surface area contributed by atoms with Gasteiger partial charge in [-0.25, -0.2) is 9.97 Å². The zero-order chi connectivity index (χ0) is 14.0. The molecule has 0 radical (unpaired) electrons. The lowest BCUT2D eigenvalue weighted by Gasteiger charge is -2.17. The van der Waals surface area contributed by atoms with Gasteiger partial charge in [-0.1, -0.05) is 44.0 Å². The van der Waals surface area contributed by atoms with Crippen molar-refractivity contribution in [1.29, 1.82) is 0 Å². The van der Waals surface area contributed by atoms with E-state index in [0.717, 1.165) is 5.69 Å². The molecule has 1 aromatic carbocycles. The highest BCUT2D eigenvalue weighted by Gasteiger charge is 2.18. The second-order valence-corrected chi connectivity index (χ2v) is 6.11. The molecule has 0 atom stereocenters. The molecule has 100 valence electrons. The third-order valence-electron chi connectivity index (χ3n) is 2.48. The van der Waals surface area contributed by atoms with Crippen LogP contribution < -0.4 is 5.32 Å². The van der Waals surface area contributed by atoms with Crippen molar-refractivity contribution in [2.24, 2.45) is 0 Å². The average molecular weight is 296 g/mol. The maximum absolute atomic E-state index is 6.04. The quantitative estimate of drug-likeness (QED) is 0.807. The number of anilines is 2. The van der Waals surface area contributed by atoms with Gasteiger partial charge in [-0.3, -0.25) is 0 Å². The van der Waals surface area contributed by atoms with Crippen molar-refractivity contribution < 1.29 is 0 Å². The molecule has 0 amide bonds. The molecule has 0 bridgehead atoms. The number of benzene rings is 1. The van der Waals surface area contributed by atoms with E-state index in [1.807, 2.05) is 45.0 Å². The number of hydrogen-bond acceptors (Lipinski definition) is 3. The van der Waals surface area contributed by atoms with E-state index in [2.05, 4.69) is 15.3 Å². The first-order chi connectivity index (χ1) is 8.84. The molecule has 0 aliphatic heterocycles. The number of aromatic nitrogens is 2. The molecule has 1 N–H and O–H groups in total. The lowest BCUT2D eigenvalue weighted by Crippen LogP contribution is -2.16. The Labute approximate surface area is 123 Å². The Kier molecular flexibility index (Phi) is 3.97. The minimum absolute atomic E-state index is 0.151. The van der Waals surface area contributed by atoms with Crippen LogP contribution in [0.15, 0.2) is 30.3 Å². The van der Waals surface area contributed by atoms with Crippen molar-refractivity contribution >= 4 is 34.7 Å². The van der Waals surface area contributed by atoms with Crippen LogP contribution in [0.2, 0.25) is 10.2 Å². The maximum Gasteiger partial charge on any atom is 0.137 e. The molecule has 3 nitrogen and oxygen atoms in total. The summed E-state index contributed by atoms with van der Waals surface area (Å²) in [6.45, 7) is 6.14. The van der Waals surface area contributed by atoms with Gasteiger partial charge < -0.3 is 5.32 Å². The third-order valence-corrected chi connectivity index (χ3v) is 2.93. The van der Waals surface area contributed by atoms with Crippen LogP contribution in [-0.4, -0.2) is 9.97 Å². The van der Waals surface area contributed by atoms with Gasteiger partial charge in [0.25, 0.3) is 0 Å². The fraction of sp³-hybridized carbons (Fsp3) is 0.286. The lowest BCUT2D eigenvalue weighted by molar-refractivity contribution is 0.546. The van der Waals surface area contributed by atoms with Gasteiger partial charge in [0.2, 0.25) is 0 Å². The van der Waals surface area contributed by atoms with Crippen molar-refractivity contribution in [3.8, 4) is 0 Å². The van der Waals surface area contributed by atoms with Crippen molar-refractivity contribution in [3.63, 3.8) is 0 Å². The van der Waals surface area contributed by atoms with E-state index in [1.165, 1.54) is 0 Å². The molecule has 1 aromatic heterocycles. The van der Waals surface area contributed by atoms with Crippen LogP contribution in [0, 0.1) is 0 Å². The van der Waals surface area contributed by atoms with Crippen molar-refractivity contribution in [3.05, 3.63) is 46.3 Å². The minimum Gasteiger partial charge on any atom is -0.340 e. The van der Waals surface area contributed by atoms with E-state index in [1.54, 1.807) is 6.07 Å². The van der Waals surface area contributed by atoms with Crippen LogP contribution >= 0.6 is 23.2 Å². The Morgan fingerprint density at radius 2 is 1.63 bits per heavy atom. The summed E-state index contributed by atoms with van der Waals surface area (Å²) in [7, 11) is 0. The predicted molar refractivity (Wildman–Crippen MR) is 80.5 cm³/mol. The smallest absolute Gasteiger partial charge is 0.137 e. The van der Waals surface area contributed by atoms with E-state index in [4.69, 9.17) is 23.2 Å². The average Bonchev–Trinajstić information content (AvgIpc) is 2.30. The molecule has 0 spiro atoms. The van der Waals surface area contributed by atoms with Crippen LogP contribution in [0.1, 0.15) is 26.6 Å². The van der Waals surface area contributed by atoms with Crippen LogP contribution in [-0.2, 0) is 5.41 Å². The fourth-order valence-corrected chi connectivity index (χ4v) is 1.81. The summed E-state index contributed by atoms with van der Waals surface area (Å²) in [4.78, 5) is 8.74. The predicted octanol–water partition coefficient (Wildman–Crippen LogP) is 4.82. The van der Waals surface area contributed by atoms with Gasteiger partial charge >= 0.3 is 0 Å². The Morgan fingerprint density at radius 3 is 2.21 bits per heavy atom. The zero-order valence-corrected chi connectivity index (χ0v) is 12.5. The molecular weight excluding hydrogens is 281 g/mol. The number of halogens is 2. The summed E-state index contributed by atoms with van der Waals surface area (Å²) >= 11 is 11.9. The normalized spacial score (nSPS) is 11.4. The van der Waals surface area contributed by atoms with Gasteiger partial charge in [0.1, 0.15) is 16.8 Å². The Balaban J connectivity index is 2.30. The van der Waals surface area contributed by atoms with E-state index < -0.39 is 0 Å². The second-order valence-electron chi connectivity index (χ2n) is 5.28. The maximum atomic E-state index is 6.04. The van der Waals surface area contributed by atoms with Crippen molar-refractivity contribution in [2.45, 2.75) is 26.2 Å². The molecule has 2 rings (SSSR count). The number of rotatable bonds is 2. The monoisotopic (exact) mass is 295 g/mol. The van der Waals surface area contributed by atoms with Crippen molar-refractivity contribution in [1.82, 2.24) is 9.97 Å². The molecule has 1 heterocycles. The van der Waals surface area contributed by atoms with Gasteiger partial charge in [0.15, 0.2) is 0 Å². The molecule has 0 unspecified atom stereocenters. The van der Waals surface area contributed by atoms with Gasteiger partial charge in [0, 0.05) is 22.2 Å². The van der Waals surface area contributed by atoms with Gasteiger partial charge in [-0.2, -0.15) is 0 Å². The van der Waals surface area contributed by atoms with Gasteiger partial charge in [-0.15, -0.1) is 0 Å². The fourth-order valence-electron chi connectivity index (χ4n) is 1.50. The van der Waals surface area contributed by atoms with Crippen LogP contribution in [0.5, 0.6) is 0 Å². The van der Waals surface area contributed by atoms with Gasteiger partial charge in [0.05, 0.1) is 0 Å². The Bertz CT molecular complexity index is 574. The molecule has 5 heteroatoms. The van der Waals surface area contributed by atoms with Crippen LogP contribution in [0.4, 0.5) is 11.5 Å². The molecule has 0 saturated carbocycles. The number of nitrogens with zero attached hydrogens (tertiary/aromatic N) is 2. The first-order valence-electron chi connectivity index (χ1n) is 5.92. The number of nitrogens with one attached hydrogen (secondary N) is 1. The third kappa shape index (κ3) is 3.82. The molecular formula is C14H15Cl2N3. The van der Waals surface area contributed by atoms with Crippen molar-refractivity contribution in [2.75, 3.05) is 5.32 Å². The molecule has 0 fully saturated rings. The molecule has 0 aliphatic rings. The summed E-state index contributed by atoms with van der Waals surface area (Å²) in [5.41, 5.74) is 0.750.